The lowest BCUT2D eigenvalue weighted by Gasteiger charge is -2.30. The summed E-state index contributed by atoms with van der Waals surface area (Å²) in [5.74, 6) is 4.19. The van der Waals surface area contributed by atoms with Gasteiger partial charge in [-0.3, -0.25) is 0 Å². The van der Waals surface area contributed by atoms with Crippen molar-refractivity contribution in [2.24, 2.45) is 5.90 Å². The molecule has 0 aromatic carbocycles. The van der Waals surface area contributed by atoms with Crippen LogP contribution in [0.5, 0.6) is 0 Å². The van der Waals surface area contributed by atoms with E-state index in [4.69, 9.17) is 5.21 Å². The first-order chi connectivity index (χ1) is 3.66. The minimum Gasteiger partial charge on any atom is -0.747 e. The Morgan fingerprint density at radius 2 is 2.12 bits per heavy atom. The molecule has 0 saturated carbocycles. The molecule has 0 heterocycles. The summed E-state index contributed by atoms with van der Waals surface area (Å²) in [6.45, 7) is 0. The lowest BCUT2D eigenvalue weighted by atomic mass is 12.3. The summed E-state index contributed by atoms with van der Waals surface area (Å²) in [5.41, 5.74) is 1.16. The maximum atomic E-state index is 9.68. The largest absolute Gasteiger partial charge is 0.747 e. The van der Waals surface area contributed by atoms with Crippen molar-refractivity contribution in [2.75, 3.05) is 0 Å². The van der Waals surface area contributed by atoms with Crippen molar-refractivity contribution in [3.8, 4) is 0 Å². The maximum absolute atomic E-state index is 9.68. The van der Waals surface area contributed by atoms with Crippen LogP contribution in [0.3, 0.4) is 0 Å². The molecule has 0 bridgehead atoms. The predicted octanol–water partition coefficient (Wildman–Crippen LogP) is -1.80. The van der Waals surface area contributed by atoms with Gasteiger partial charge in [0.05, 0.1) is 0 Å². The van der Waals surface area contributed by atoms with Crippen molar-refractivity contribution in [3.05, 3.63) is 10.4 Å². The highest BCUT2D eigenvalue weighted by atomic mass is 17.0. The number of nitrogens with two attached hydrogens (primary N) is 1. The van der Waals surface area contributed by atoms with Crippen LogP contribution in [-0.2, 0) is 4.94 Å². The van der Waals surface area contributed by atoms with E-state index in [1.54, 1.807) is 0 Å². The molecule has 0 aliphatic rings. The van der Waals surface area contributed by atoms with Crippen molar-refractivity contribution in [2.45, 2.75) is 0 Å². The molecule has 0 aliphatic carbocycles. The Labute approximate surface area is 44.0 Å². The summed E-state index contributed by atoms with van der Waals surface area (Å²) < 4.78 is 0. The molecule has 0 radical (unpaired) electrons. The van der Waals surface area contributed by atoms with Crippen molar-refractivity contribution in [1.29, 1.82) is 0 Å². The van der Waals surface area contributed by atoms with E-state index in [1.165, 1.54) is 0 Å². The number of hydrogen-bond donors (Lipinski definition) is 3. The lowest BCUT2D eigenvalue weighted by Crippen LogP contribution is -2.43. The van der Waals surface area contributed by atoms with E-state index in [9.17, 15) is 10.4 Å². The normalized spacial score (nSPS) is 11.2. The van der Waals surface area contributed by atoms with Gasteiger partial charge in [-0.1, -0.05) is 0 Å². The average molecular weight is 124 g/mol. The first-order valence-electron chi connectivity index (χ1n) is 1.43. The van der Waals surface area contributed by atoms with E-state index in [0.29, 0.717) is 0 Å². The van der Waals surface area contributed by atoms with Crippen molar-refractivity contribution in [1.82, 2.24) is 16.2 Å². The van der Waals surface area contributed by atoms with E-state index in [-0.39, 0.29) is 0 Å². The number of nitrogens with one attached hydrogen (secondary N) is 1. The van der Waals surface area contributed by atoms with Crippen LogP contribution in [0.4, 0.5) is 0 Å². The van der Waals surface area contributed by atoms with Crippen molar-refractivity contribution < 1.29 is 10.1 Å². The zero-order chi connectivity index (χ0) is 6.57. The van der Waals surface area contributed by atoms with Crippen LogP contribution in [0, 0.1) is 10.4 Å². The topological polar surface area (TPSA) is 120 Å². The third-order valence-electron chi connectivity index (χ3n) is 0.263. The highest BCUT2D eigenvalue weighted by molar-refractivity contribution is 4.26. The number of rotatable bonds is 3. The summed E-state index contributed by atoms with van der Waals surface area (Å²) >= 11 is 0. The Hall–Kier alpha value is -0.320. The fraction of sp³-hybridized carbons (Fsp3) is 0. The van der Waals surface area contributed by atoms with Crippen molar-refractivity contribution in [3.63, 3.8) is 0 Å². The molecule has 0 amide bonds. The van der Waals surface area contributed by atoms with Crippen LogP contribution >= 0.6 is 0 Å². The molecule has 50 valence electrons. The smallest absolute Gasteiger partial charge is 0.157 e. The Morgan fingerprint density at radius 1 is 1.62 bits per heavy atom. The van der Waals surface area contributed by atoms with Crippen LogP contribution in [-0.4, -0.2) is 15.9 Å². The van der Waals surface area contributed by atoms with Gasteiger partial charge in [0.1, 0.15) is 0 Å². The van der Waals surface area contributed by atoms with E-state index in [0.717, 1.165) is 5.53 Å². The summed E-state index contributed by atoms with van der Waals surface area (Å²) in [5, 5.41) is 25.3. The fourth-order valence-electron chi connectivity index (χ4n) is 0.0934. The van der Waals surface area contributed by atoms with Crippen LogP contribution in [0.15, 0.2) is 0 Å². The minimum atomic E-state index is -0.861. The zero-order valence-corrected chi connectivity index (χ0v) is 3.64. The summed E-state index contributed by atoms with van der Waals surface area (Å²) in [6.07, 6.45) is 0. The second-order valence-electron chi connectivity index (χ2n) is 0.735. The summed E-state index contributed by atoms with van der Waals surface area (Å²) in [4.78, 5) is 3.33. The second-order valence-corrected chi connectivity index (χ2v) is 0.735. The molecule has 0 rings (SSSR count). The third-order valence-corrected chi connectivity index (χ3v) is 0.263. The minimum absolute atomic E-state index is 0.535. The summed E-state index contributed by atoms with van der Waals surface area (Å²) in [6, 6.07) is 0. The van der Waals surface area contributed by atoms with Gasteiger partial charge in [0.15, 0.2) is 0 Å². The van der Waals surface area contributed by atoms with Crippen LogP contribution in [0.25, 0.3) is 0 Å². The number of hydrazine groups is 2. The third kappa shape index (κ3) is 3.86. The molecule has 8 nitrogen and oxygen atoms in total. The molecule has 0 aliphatic heterocycles. The van der Waals surface area contributed by atoms with Crippen molar-refractivity contribution >= 4 is 0 Å². The number of hydrogen-bond acceptors (Lipinski definition) is 8. The Bertz CT molecular complexity index is 54.0. The van der Waals surface area contributed by atoms with Crippen LogP contribution in [0.2, 0.25) is 0 Å². The SMILES string of the molecule is NON([O-])NN([O-])O. The van der Waals surface area contributed by atoms with Crippen LogP contribution < -0.4 is 11.4 Å². The van der Waals surface area contributed by atoms with Gasteiger partial charge in [0, 0.05) is 0 Å². The van der Waals surface area contributed by atoms with E-state index in [2.05, 4.69) is 10.8 Å². The molecule has 0 unspecified atom stereocenters. The van der Waals surface area contributed by atoms with E-state index >= 15 is 0 Å². The molecule has 0 fully saturated rings. The molecule has 8 heteroatoms. The molecule has 8 heavy (non-hydrogen) atoms. The molecule has 0 saturated heterocycles. The van der Waals surface area contributed by atoms with Gasteiger partial charge in [-0.2, -0.15) is 22.1 Å². The maximum Gasteiger partial charge on any atom is -0.157 e. The lowest BCUT2D eigenvalue weighted by molar-refractivity contribution is -0.256. The molecular formula is H4N4O4-2. The standard InChI is InChI=1S/H4N4O4/c1-8-4(7)2-3(5)6/h2,5H,1H2/q-2. The van der Waals surface area contributed by atoms with E-state index < -0.39 is 10.7 Å². The van der Waals surface area contributed by atoms with Gasteiger partial charge < -0.3 is 15.6 Å². The van der Waals surface area contributed by atoms with Gasteiger partial charge in [-0.15, -0.1) is 0 Å². The molecule has 4 N–H and O–H groups in total. The molecule has 0 atom stereocenters. The van der Waals surface area contributed by atoms with E-state index in [1.807, 2.05) is 0 Å². The molecular weight excluding hydrogens is 120 g/mol. The van der Waals surface area contributed by atoms with Gasteiger partial charge in [0.25, 0.3) is 0 Å². The average Bonchev–Trinajstić information content (AvgIpc) is 1.65. The van der Waals surface area contributed by atoms with Gasteiger partial charge in [-0.25, -0.2) is 4.94 Å². The first-order valence-corrected chi connectivity index (χ1v) is 1.43. The Balaban J connectivity index is 3.10. The predicted molar refractivity (Wildman–Crippen MR) is 20.6 cm³/mol. The van der Waals surface area contributed by atoms with Crippen LogP contribution in [0.1, 0.15) is 0 Å². The quantitative estimate of drug-likeness (QED) is 0.377. The first kappa shape index (κ1) is 7.68. The van der Waals surface area contributed by atoms with Gasteiger partial charge >= 0.3 is 0 Å². The number of nitrogens with zero attached hydrogens (tertiary/aromatic N) is 2. The molecule has 0 aromatic rings. The summed E-state index contributed by atoms with van der Waals surface area (Å²) in [7, 11) is 0. The molecule has 0 aromatic heterocycles. The Morgan fingerprint density at radius 3 is 2.25 bits per heavy atom. The van der Waals surface area contributed by atoms with Gasteiger partial charge in [-0.05, 0) is 0 Å². The molecule has 0 spiro atoms. The monoisotopic (exact) mass is 124 g/mol. The highest BCUT2D eigenvalue weighted by Gasteiger charge is 1.81. The highest BCUT2D eigenvalue weighted by Crippen LogP contribution is 1.72. The second kappa shape index (κ2) is 3.65. The Kier molecular flexibility index (Phi) is 3.51. The zero-order valence-electron chi connectivity index (χ0n) is 3.64. The fourth-order valence-corrected chi connectivity index (χ4v) is 0.0934. The van der Waals surface area contributed by atoms with Gasteiger partial charge in [0.2, 0.25) is 0 Å².